The lowest BCUT2D eigenvalue weighted by molar-refractivity contribution is -0.142. The molecule has 0 radical (unpaired) electrons. The maximum Gasteiger partial charge on any atom is 0.242 e. The zero-order chi connectivity index (χ0) is 23.2. The molecule has 2 aromatic heterocycles. The molecule has 0 unspecified atom stereocenters. The first-order valence-electron chi connectivity index (χ1n) is 11.7. The molecule has 0 bridgehead atoms. The maximum atomic E-state index is 13.3. The van der Waals surface area contributed by atoms with Gasteiger partial charge in [-0.3, -0.25) is 9.59 Å². The minimum absolute atomic E-state index is 0.0164. The molecule has 32 heavy (non-hydrogen) atoms. The van der Waals surface area contributed by atoms with Crippen LogP contribution in [0.1, 0.15) is 63.3 Å². The number of aromatic nitrogens is 1. The maximum absolute atomic E-state index is 13.3. The Morgan fingerprint density at radius 3 is 2.44 bits per heavy atom. The number of unbranched alkanes of at least 4 members (excludes halogenated alkanes) is 5. The summed E-state index contributed by atoms with van der Waals surface area (Å²) in [5.74, 6) is 0.632. The van der Waals surface area contributed by atoms with Crippen LogP contribution in [-0.2, 0) is 34.5 Å². The Hall–Kier alpha value is -2.54. The van der Waals surface area contributed by atoms with Crippen molar-refractivity contribution in [1.82, 2.24) is 14.4 Å². The number of ether oxygens (including phenoxy) is 1. The number of aryl methyl sites for hydroxylation is 1. The zero-order valence-electron chi connectivity index (χ0n) is 19.9. The summed E-state index contributed by atoms with van der Waals surface area (Å²) in [6.45, 7) is 3.87. The van der Waals surface area contributed by atoms with Gasteiger partial charge in [0, 0.05) is 39.0 Å². The van der Waals surface area contributed by atoms with Gasteiger partial charge < -0.3 is 23.5 Å². The molecule has 0 aliphatic heterocycles. The largest absolute Gasteiger partial charge is 0.467 e. The van der Waals surface area contributed by atoms with E-state index in [-0.39, 0.29) is 18.4 Å². The fourth-order valence-electron chi connectivity index (χ4n) is 3.65. The molecule has 0 fully saturated rings. The molecule has 0 spiro atoms. The molecule has 0 N–H and O–H groups in total. The van der Waals surface area contributed by atoms with Gasteiger partial charge in [0.1, 0.15) is 5.76 Å². The standard InChI is InChI=1S/C25H39N3O4/c1-4-5-6-7-8-9-14-24(29)27(16-18-31-3)21-25(30)28(20-23-13-11-17-32-23)19-22-12-10-15-26(22)2/h10-13,15,17H,4-9,14,16,18-21H2,1-3H3. The third-order valence-electron chi connectivity index (χ3n) is 5.67. The van der Waals surface area contributed by atoms with Gasteiger partial charge in [-0.15, -0.1) is 0 Å². The van der Waals surface area contributed by atoms with E-state index < -0.39 is 0 Å². The van der Waals surface area contributed by atoms with Gasteiger partial charge in [-0.05, 0) is 30.7 Å². The number of rotatable bonds is 16. The molecule has 0 saturated heterocycles. The minimum Gasteiger partial charge on any atom is -0.467 e. The van der Waals surface area contributed by atoms with E-state index in [4.69, 9.17) is 9.15 Å². The fraction of sp³-hybridized carbons (Fsp3) is 0.600. The van der Waals surface area contributed by atoms with Crippen LogP contribution in [0.3, 0.4) is 0 Å². The van der Waals surface area contributed by atoms with Gasteiger partial charge in [-0.2, -0.15) is 0 Å². The third kappa shape index (κ3) is 8.91. The normalized spacial score (nSPS) is 11.0. The number of carbonyl (C=O) groups excluding carboxylic acids is 2. The Balaban J connectivity index is 1.99. The number of methoxy groups -OCH3 is 1. The monoisotopic (exact) mass is 445 g/mol. The lowest BCUT2D eigenvalue weighted by Crippen LogP contribution is -2.43. The van der Waals surface area contributed by atoms with Gasteiger partial charge in [0.15, 0.2) is 0 Å². The summed E-state index contributed by atoms with van der Waals surface area (Å²) in [5.41, 5.74) is 1.02. The molecule has 0 atom stereocenters. The highest BCUT2D eigenvalue weighted by atomic mass is 16.5. The topological polar surface area (TPSA) is 67.9 Å². The Bertz CT molecular complexity index is 785. The van der Waals surface area contributed by atoms with Crippen LogP contribution in [0, 0.1) is 0 Å². The van der Waals surface area contributed by atoms with Crippen molar-refractivity contribution in [2.45, 2.75) is 65.0 Å². The number of nitrogens with zero attached hydrogens (tertiary/aromatic N) is 3. The highest BCUT2D eigenvalue weighted by molar-refractivity contribution is 5.84. The van der Waals surface area contributed by atoms with E-state index in [9.17, 15) is 9.59 Å². The summed E-state index contributed by atoms with van der Waals surface area (Å²) in [6.07, 6.45) is 10.8. The van der Waals surface area contributed by atoms with Crippen molar-refractivity contribution < 1.29 is 18.7 Å². The lowest BCUT2D eigenvalue weighted by Gasteiger charge is -2.27. The fourth-order valence-corrected chi connectivity index (χ4v) is 3.65. The SMILES string of the molecule is CCCCCCCCC(=O)N(CCOC)CC(=O)N(Cc1ccco1)Cc1cccn1C. The first kappa shape index (κ1) is 25.7. The van der Waals surface area contributed by atoms with Gasteiger partial charge >= 0.3 is 0 Å². The van der Waals surface area contributed by atoms with E-state index in [2.05, 4.69) is 6.92 Å². The number of carbonyl (C=O) groups is 2. The van der Waals surface area contributed by atoms with E-state index in [0.29, 0.717) is 32.7 Å². The van der Waals surface area contributed by atoms with Crippen LogP contribution in [0.5, 0.6) is 0 Å². The van der Waals surface area contributed by atoms with Crippen LogP contribution >= 0.6 is 0 Å². The van der Waals surface area contributed by atoms with E-state index >= 15 is 0 Å². The van der Waals surface area contributed by atoms with Gasteiger partial charge in [0.25, 0.3) is 0 Å². The summed E-state index contributed by atoms with van der Waals surface area (Å²) >= 11 is 0. The van der Waals surface area contributed by atoms with Crippen molar-refractivity contribution in [3.63, 3.8) is 0 Å². The smallest absolute Gasteiger partial charge is 0.242 e. The van der Waals surface area contributed by atoms with E-state index in [1.165, 1.54) is 19.3 Å². The summed E-state index contributed by atoms with van der Waals surface area (Å²) < 4.78 is 12.7. The minimum atomic E-state index is -0.102. The van der Waals surface area contributed by atoms with Crippen LogP contribution in [-0.4, -0.2) is 53.0 Å². The average Bonchev–Trinajstić information content (AvgIpc) is 3.44. The molecule has 7 nitrogen and oxygen atoms in total. The molecule has 0 aliphatic rings. The van der Waals surface area contributed by atoms with Crippen molar-refractivity contribution >= 4 is 11.8 Å². The Morgan fingerprint density at radius 2 is 1.78 bits per heavy atom. The van der Waals surface area contributed by atoms with E-state index in [0.717, 1.165) is 30.7 Å². The van der Waals surface area contributed by atoms with Gasteiger partial charge in [0.05, 0.1) is 32.5 Å². The van der Waals surface area contributed by atoms with Gasteiger partial charge in [-0.25, -0.2) is 0 Å². The second-order valence-corrected chi connectivity index (χ2v) is 8.27. The first-order valence-corrected chi connectivity index (χ1v) is 11.7. The second-order valence-electron chi connectivity index (χ2n) is 8.27. The summed E-state index contributed by atoms with van der Waals surface area (Å²) in [5, 5.41) is 0. The molecule has 0 aromatic carbocycles. The summed E-state index contributed by atoms with van der Waals surface area (Å²) in [4.78, 5) is 29.5. The van der Waals surface area contributed by atoms with Crippen LogP contribution in [0.4, 0.5) is 0 Å². The highest BCUT2D eigenvalue weighted by Crippen LogP contribution is 2.13. The molecule has 178 valence electrons. The van der Waals surface area contributed by atoms with Crippen molar-refractivity contribution in [3.8, 4) is 0 Å². The van der Waals surface area contributed by atoms with Gasteiger partial charge in [0.2, 0.25) is 11.8 Å². The zero-order valence-corrected chi connectivity index (χ0v) is 19.9. The lowest BCUT2D eigenvalue weighted by atomic mass is 10.1. The average molecular weight is 446 g/mol. The van der Waals surface area contributed by atoms with Crippen LogP contribution in [0.15, 0.2) is 41.1 Å². The highest BCUT2D eigenvalue weighted by Gasteiger charge is 2.22. The number of amides is 2. The van der Waals surface area contributed by atoms with Crippen molar-refractivity contribution in [3.05, 3.63) is 48.2 Å². The third-order valence-corrected chi connectivity index (χ3v) is 5.67. The predicted octanol–water partition coefficient (Wildman–Crippen LogP) is 4.37. The summed E-state index contributed by atoms with van der Waals surface area (Å²) in [6, 6.07) is 7.63. The summed E-state index contributed by atoms with van der Waals surface area (Å²) in [7, 11) is 3.57. The van der Waals surface area contributed by atoms with Crippen molar-refractivity contribution in [1.29, 1.82) is 0 Å². The molecule has 2 heterocycles. The quantitative estimate of drug-likeness (QED) is 0.360. The van der Waals surface area contributed by atoms with Crippen molar-refractivity contribution in [2.24, 2.45) is 7.05 Å². The molecule has 0 saturated carbocycles. The number of hydrogen-bond acceptors (Lipinski definition) is 4. The number of hydrogen-bond donors (Lipinski definition) is 0. The molecule has 2 rings (SSSR count). The van der Waals surface area contributed by atoms with Crippen LogP contribution in [0.25, 0.3) is 0 Å². The second kappa shape index (κ2) is 14.5. The van der Waals surface area contributed by atoms with Crippen molar-refractivity contribution in [2.75, 3.05) is 26.8 Å². The van der Waals surface area contributed by atoms with Crippen LogP contribution < -0.4 is 0 Å². The molecular weight excluding hydrogens is 406 g/mol. The predicted molar refractivity (Wildman–Crippen MR) is 125 cm³/mol. The molecule has 7 heteroatoms. The van der Waals surface area contributed by atoms with Crippen LogP contribution in [0.2, 0.25) is 0 Å². The number of furan rings is 1. The molecule has 2 aromatic rings. The molecule has 0 aliphatic carbocycles. The van der Waals surface area contributed by atoms with E-state index in [1.54, 1.807) is 23.2 Å². The Labute approximate surface area is 192 Å². The molecular formula is C25H39N3O4. The first-order chi connectivity index (χ1) is 15.5. The Morgan fingerprint density at radius 1 is 1.00 bits per heavy atom. The Kier molecular flexibility index (Phi) is 11.7. The van der Waals surface area contributed by atoms with E-state index in [1.807, 2.05) is 42.1 Å². The molecule has 2 amide bonds. The van der Waals surface area contributed by atoms with Gasteiger partial charge in [-0.1, -0.05) is 39.0 Å².